The van der Waals surface area contributed by atoms with Crippen LogP contribution in [0.25, 0.3) is 0 Å². The van der Waals surface area contributed by atoms with Gasteiger partial charge in [-0.1, -0.05) is 30.2 Å². The highest BCUT2D eigenvalue weighted by molar-refractivity contribution is 5.39. The number of nitrogens with zero attached hydrogens (tertiary/aromatic N) is 1. The van der Waals surface area contributed by atoms with Gasteiger partial charge in [0.25, 0.3) is 0 Å². The predicted octanol–water partition coefficient (Wildman–Crippen LogP) is 3.63. The van der Waals surface area contributed by atoms with Crippen molar-refractivity contribution in [3.05, 3.63) is 65.2 Å². The summed E-state index contributed by atoms with van der Waals surface area (Å²) in [4.78, 5) is 2.54. The van der Waals surface area contributed by atoms with Crippen LogP contribution in [0.15, 0.2) is 48.5 Å². The van der Waals surface area contributed by atoms with Crippen molar-refractivity contribution in [2.24, 2.45) is 0 Å². The molecule has 2 nitrogen and oxygen atoms in total. The van der Waals surface area contributed by atoms with E-state index in [1.807, 2.05) is 24.3 Å². The summed E-state index contributed by atoms with van der Waals surface area (Å²) in [6, 6.07) is 16.7. The Morgan fingerprint density at radius 3 is 2.50 bits per heavy atom. The molecule has 112 valence electrons. The van der Waals surface area contributed by atoms with E-state index in [9.17, 15) is 0 Å². The molecule has 1 atom stereocenters. The lowest BCUT2D eigenvalue weighted by molar-refractivity contribution is 0.200. The molecule has 22 heavy (non-hydrogen) atoms. The monoisotopic (exact) mass is 290 g/mol. The molecule has 0 amide bonds. The van der Waals surface area contributed by atoms with E-state index in [0.29, 0.717) is 5.92 Å². The lowest BCUT2D eigenvalue weighted by atomic mass is 9.90. The van der Waals surface area contributed by atoms with E-state index < -0.39 is 0 Å². The Bertz CT molecular complexity index is 650. The van der Waals surface area contributed by atoms with Crippen LogP contribution in [-0.2, 0) is 6.54 Å². The molecule has 0 saturated carbocycles. The summed E-state index contributed by atoms with van der Waals surface area (Å²) in [5.74, 6) is 3.29. The molecule has 3 rings (SSSR count). The lowest BCUT2D eigenvalue weighted by Crippen LogP contribution is -2.33. The highest BCUT2D eigenvalue weighted by Gasteiger charge is 2.21. The summed E-state index contributed by atoms with van der Waals surface area (Å²) in [5, 5.41) is 0. The molecule has 0 radical (unpaired) electrons. The maximum Gasteiger partial charge on any atom is 0.0314 e. The third-order valence-corrected chi connectivity index (χ3v) is 4.44. The number of hydrogen-bond donors (Lipinski definition) is 1. The number of terminal acetylenes is 1. The van der Waals surface area contributed by atoms with Gasteiger partial charge in [-0.25, -0.2) is 0 Å². The van der Waals surface area contributed by atoms with Gasteiger partial charge in [-0.3, -0.25) is 4.90 Å². The van der Waals surface area contributed by atoms with Crippen molar-refractivity contribution in [1.29, 1.82) is 0 Å². The van der Waals surface area contributed by atoms with E-state index in [0.717, 1.165) is 24.3 Å². The summed E-state index contributed by atoms with van der Waals surface area (Å²) >= 11 is 0. The fourth-order valence-corrected chi connectivity index (χ4v) is 3.20. The molecule has 1 aliphatic rings. The quantitative estimate of drug-likeness (QED) is 0.691. The minimum atomic E-state index is 0.606. The Balaban J connectivity index is 1.65. The van der Waals surface area contributed by atoms with Gasteiger partial charge in [0.15, 0.2) is 0 Å². The molecular formula is C20H22N2. The highest BCUT2D eigenvalue weighted by atomic mass is 15.1. The first-order valence-electron chi connectivity index (χ1n) is 7.88. The first-order valence-corrected chi connectivity index (χ1v) is 7.88. The van der Waals surface area contributed by atoms with Crippen LogP contribution in [0.3, 0.4) is 0 Å². The van der Waals surface area contributed by atoms with Crippen molar-refractivity contribution in [3.63, 3.8) is 0 Å². The Morgan fingerprint density at radius 1 is 1.09 bits per heavy atom. The summed E-state index contributed by atoms with van der Waals surface area (Å²) in [5.41, 5.74) is 10.3. The van der Waals surface area contributed by atoms with Crippen LogP contribution in [0.1, 0.15) is 35.4 Å². The molecular weight excluding hydrogens is 268 g/mol. The van der Waals surface area contributed by atoms with E-state index in [1.165, 1.54) is 30.5 Å². The van der Waals surface area contributed by atoms with Crippen LogP contribution in [0.4, 0.5) is 5.69 Å². The first-order chi connectivity index (χ1) is 10.7. The largest absolute Gasteiger partial charge is 0.399 e. The van der Waals surface area contributed by atoms with E-state index in [1.54, 1.807) is 0 Å². The SMILES string of the molecule is C#Cc1ccc(C2CCCN(Cc3ccc(N)cc3)C2)cc1. The molecule has 0 aromatic heterocycles. The van der Waals surface area contributed by atoms with Gasteiger partial charge in [-0.15, -0.1) is 6.42 Å². The van der Waals surface area contributed by atoms with Crippen molar-refractivity contribution in [3.8, 4) is 12.3 Å². The summed E-state index contributed by atoms with van der Waals surface area (Å²) in [6.07, 6.45) is 7.93. The number of rotatable bonds is 3. The van der Waals surface area contributed by atoms with Gasteiger partial charge < -0.3 is 5.73 Å². The van der Waals surface area contributed by atoms with Gasteiger partial charge in [0.1, 0.15) is 0 Å². The number of hydrogen-bond acceptors (Lipinski definition) is 2. The number of likely N-dealkylation sites (tertiary alicyclic amines) is 1. The van der Waals surface area contributed by atoms with E-state index in [-0.39, 0.29) is 0 Å². The first kappa shape index (κ1) is 14.7. The Morgan fingerprint density at radius 2 is 1.82 bits per heavy atom. The maximum atomic E-state index is 5.75. The Labute approximate surface area is 133 Å². The number of nitrogens with two attached hydrogens (primary N) is 1. The van der Waals surface area contributed by atoms with Crippen LogP contribution in [0, 0.1) is 12.3 Å². The summed E-state index contributed by atoms with van der Waals surface area (Å²) in [7, 11) is 0. The minimum absolute atomic E-state index is 0.606. The molecule has 1 heterocycles. The third-order valence-electron chi connectivity index (χ3n) is 4.44. The normalized spacial score (nSPS) is 18.8. The Hall–Kier alpha value is -2.24. The molecule has 1 fully saturated rings. The van der Waals surface area contributed by atoms with E-state index in [2.05, 4.69) is 35.1 Å². The fraction of sp³-hybridized carbons (Fsp3) is 0.300. The summed E-state index contributed by atoms with van der Waals surface area (Å²) in [6.45, 7) is 3.28. The van der Waals surface area contributed by atoms with E-state index >= 15 is 0 Å². The van der Waals surface area contributed by atoms with Crippen LogP contribution >= 0.6 is 0 Å². The van der Waals surface area contributed by atoms with Crippen molar-refractivity contribution < 1.29 is 0 Å². The van der Waals surface area contributed by atoms with Crippen molar-refractivity contribution in [2.45, 2.75) is 25.3 Å². The van der Waals surface area contributed by atoms with Gasteiger partial charge in [-0.2, -0.15) is 0 Å². The number of nitrogen functional groups attached to an aromatic ring is 1. The number of piperidine rings is 1. The molecule has 0 spiro atoms. The fourth-order valence-electron chi connectivity index (χ4n) is 3.20. The topological polar surface area (TPSA) is 29.3 Å². The van der Waals surface area contributed by atoms with Gasteiger partial charge in [0.2, 0.25) is 0 Å². The van der Waals surface area contributed by atoms with Gasteiger partial charge in [-0.05, 0) is 60.7 Å². The predicted molar refractivity (Wildman–Crippen MR) is 92.5 cm³/mol. The van der Waals surface area contributed by atoms with E-state index in [4.69, 9.17) is 12.2 Å². The molecule has 0 bridgehead atoms. The van der Waals surface area contributed by atoms with Crippen LogP contribution in [-0.4, -0.2) is 18.0 Å². The molecule has 2 aromatic carbocycles. The van der Waals surface area contributed by atoms with Gasteiger partial charge >= 0.3 is 0 Å². The number of benzene rings is 2. The molecule has 2 heteroatoms. The second-order valence-corrected chi connectivity index (χ2v) is 6.08. The van der Waals surface area contributed by atoms with Crippen LogP contribution < -0.4 is 5.73 Å². The number of anilines is 1. The van der Waals surface area contributed by atoms with Crippen LogP contribution in [0.5, 0.6) is 0 Å². The standard InChI is InChI=1S/C20H22N2/c1-2-16-5-9-18(10-6-16)19-4-3-13-22(15-19)14-17-7-11-20(21)12-8-17/h1,5-12,19H,3-4,13-15,21H2. The minimum Gasteiger partial charge on any atom is -0.399 e. The molecule has 1 saturated heterocycles. The average Bonchev–Trinajstić information content (AvgIpc) is 2.57. The second-order valence-electron chi connectivity index (χ2n) is 6.08. The zero-order chi connectivity index (χ0) is 15.4. The van der Waals surface area contributed by atoms with Crippen molar-refractivity contribution in [2.75, 3.05) is 18.8 Å². The van der Waals surface area contributed by atoms with Crippen molar-refractivity contribution >= 4 is 5.69 Å². The molecule has 2 aromatic rings. The zero-order valence-electron chi connectivity index (χ0n) is 12.8. The molecule has 0 aliphatic carbocycles. The van der Waals surface area contributed by atoms with Crippen molar-refractivity contribution in [1.82, 2.24) is 4.90 Å². The Kier molecular flexibility index (Phi) is 4.46. The third kappa shape index (κ3) is 3.50. The second kappa shape index (κ2) is 6.68. The molecule has 2 N–H and O–H groups in total. The molecule has 1 unspecified atom stereocenters. The van der Waals surface area contributed by atoms with Gasteiger partial charge in [0, 0.05) is 24.3 Å². The lowest BCUT2D eigenvalue weighted by Gasteiger charge is -2.33. The maximum absolute atomic E-state index is 5.75. The zero-order valence-corrected chi connectivity index (χ0v) is 12.8. The van der Waals surface area contributed by atoms with Gasteiger partial charge in [0.05, 0.1) is 0 Å². The summed E-state index contributed by atoms with van der Waals surface area (Å²) < 4.78 is 0. The highest BCUT2D eigenvalue weighted by Crippen LogP contribution is 2.28. The molecule has 1 aliphatic heterocycles. The smallest absolute Gasteiger partial charge is 0.0314 e. The van der Waals surface area contributed by atoms with Crippen LogP contribution in [0.2, 0.25) is 0 Å². The average molecular weight is 290 g/mol.